The van der Waals surface area contributed by atoms with Gasteiger partial charge in [0.25, 0.3) is 0 Å². The van der Waals surface area contributed by atoms with Crippen molar-refractivity contribution in [2.24, 2.45) is 0 Å². The van der Waals surface area contributed by atoms with Crippen molar-refractivity contribution in [3.05, 3.63) is 15.4 Å². The van der Waals surface area contributed by atoms with Crippen molar-refractivity contribution in [1.82, 2.24) is 14.5 Å². The van der Waals surface area contributed by atoms with Gasteiger partial charge in [-0.25, -0.2) is 4.98 Å². The van der Waals surface area contributed by atoms with Crippen LogP contribution in [0.3, 0.4) is 0 Å². The Labute approximate surface area is 260 Å². The van der Waals surface area contributed by atoms with Crippen LogP contribution in [-0.2, 0) is 18.0 Å². The van der Waals surface area contributed by atoms with E-state index in [1.807, 2.05) is 6.92 Å². The zero-order chi connectivity index (χ0) is 31.3. The molecule has 9 nitrogen and oxygen atoms in total. The summed E-state index contributed by atoms with van der Waals surface area (Å²) in [4.78, 5) is 22.5. The molecule has 0 aromatic carbocycles. The lowest BCUT2D eigenvalue weighted by molar-refractivity contribution is -0.0473. The Morgan fingerprint density at radius 1 is 0.786 bits per heavy atom. The highest BCUT2D eigenvalue weighted by Gasteiger charge is 2.53. The lowest BCUT2D eigenvalue weighted by atomic mass is 10.1. The molecule has 240 valence electrons. The highest BCUT2D eigenvalue weighted by molar-refractivity contribution is 7.16. The van der Waals surface area contributed by atoms with Gasteiger partial charge < -0.3 is 23.7 Å². The number of nitrogens with two attached hydrogens (primary N) is 1. The molecule has 42 heavy (non-hydrogen) atoms. The molecular formula is C29H56N4O5SSi3. The van der Waals surface area contributed by atoms with Gasteiger partial charge in [-0.15, -0.1) is 0 Å². The summed E-state index contributed by atoms with van der Waals surface area (Å²) in [7, 11) is -6.14. The van der Waals surface area contributed by atoms with Gasteiger partial charge in [0.05, 0.1) is 17.0 Å². The Balaban J connectivity index is 2.23. The quantitative estimate of drug-likeness (QED) is 0.175. The van der Waals surface area contributed by atoms with E-state index in [9.17, 15) is 4.79 Å². The first-order chi connectivity index (χ1) is 20.0. The number of hydrogen-bond acceptors (Lipinski definition) is 9. The molecular weight excluding hydrogens is 601 g/mol. The largest absolute Gasteiger partial charge is 0.414 e. The van der Waals surface area contributed by atoms with Gasteiger partial charge in [-0.1, -0.05) is 73.7 Å². The second-order valence-electron chi connectivity index (χ2n) is 11.8. The standard InChI is InChI=1S/C29H56N4O5SSi3/c1-11-40(12-2,13-3)35-20-22-23(37-41(14-4,15-5)16-6)24(38-42(17-7,18-8)19-9)27(36-22)33-26-25(39-29(33)34)21(10)31-28(30)32-26/h22-24,27H,11-20H2,1-10H3,(H2,30,31,32)/t22-,23-,24+,27-/m1/s1. The van der Waals surface area contributed by atoms with E-state index in [1.165, 1.54) is 0 Å². The van der Waals surface area contributed by atoms with E-state index in [2.05, 4.69) is 72.3 Å². The number of nitrogens with zero attached hydrogens (tertiary/aromatic N) is 3. The first-order valence-electron chi connectivity index (χ1n) is 16.3. The lowest BCUT2D eigenvalue weighted by Crippen LogP contribution is -2.52. The smallest absolute Gasteiger partial charge is 0.311 e. The van der Waals surface area contributed by atoms with E-state index < -0.39 is 37.3 Å². The van der Waals surface area contributed by atoms with Crippen molar-refractivity contribution in [3.8, 4) is 0 Å². The van der Waals surface area contributed by atoms with Gasteiger partial charge in [0.1, 0.15) is 18.3 Å². The molecule has 3 rings (SSSR count). The summed E-state index contributed by atoms with van der Waals surface area (Å²) in [5.74, 6) is 0.146. The van der Waals surface area contributed by atoms with Crippen LogP contribution in [0.4, 0.5) is 5.95 Å². The highest BCUT2D eigenvalue weighted by atomic mass is 32.1. The first-order valence-corrected chi connectivity index (χ1v) is 24.7. The van der Waals surface area contributed by atoms with Gasteiger partial charge in [0.15, 0.2) is 36.8 Å². The summed E-state index contributed by atoms with van der Waals surface area (Å²) in [6.07, 6.45) is -1.83. The number of hydrogen-bond donors (Lipinski definition) is 1. The molecule has 0 spiro atoms. The van der Waals surface area contributed by atoms with Gasteiger partial charge in [-0.3, -0.25) is 9.36 Å². The second kappa shape index (κ2) is 14.9. The van der Waals surface area contributed by atoms with E-state index in [1.54, 1.807) is 4.57 Å². The second-order valence-corrected chi connectivity index (χ2v) is 27.0. The Morgan fingerprint density at radius 3 is 1.74 bits per heavy atom. The van der Waals surface area contributed by atoms with E-state index >= 15 is 0 Å². The fourth-order valence-electron chi connectivity index (χ4n) is 6.51. The van der Waals surface area contributed by atoms with Crippen LogP contribution in [0.2, 0.25) is 54.4 Å². The van der Waals surface area contributed by atoms with Gasteiger partial charge in [0, 0.05) is 0 Å². The molecule has 0 radical (unpaired) electrons. The third kappa shape index (κ3) is 6.98. The van der Waals surface area contributed by atoms with Crippen molar-refractivity contribution >= 4 is 52.6 Å². The van der Waals surface area contributed by atoms with Crippen LogP contribution in [0.1, 0.15) is 74.2 Å². The summed E-state index contributed by atoms with van der Waals surface area (Å²) in [6, 6.07) is 9.17. The summed E-state index contributed by atoms with van der Waals surface area (Å²) in [5, 5.41) is 0. The summed E-state index contributed by atoms with van der Waals surface area (Å²) in [5.41, 5.74) is 7.31. The number of rotatable bonds is 17. The van der Waals surface area contributed by atoms with Crippen LogP contribution in [0.25, 0.3) is 10.3 Å². The molecule has 3 heterocycles. The van der Waals surface area contributed by atoms with Gasteiger partial charge >= 0.3 is 4.87 Å². The van der Waals surface area contributed by atoms with Gasteiger partial charge in [-0.2, -0.15) is 4.98 Å². The predicted octanol–water partition coefficient (Wildman–Crippen LogP) is 7.44. The Morgan fingerprint density at radius 2 is 1.26 bits per heavy atom. The minimum Gasteiger partial charge on any atom is -0.414 e. The van der Waals surface area contributed by atoms with Crippen molar-refractivity contribution < 1.29 is 18.0 Å². The van der Waals surface area contributed by atoms with Gasteiger partial charge in [-0.05, 0) is 61.3 Å². The summed E-state index contributed by atoms with van der Waals surface area (Å²) < 4.78 is 30.8. The molecule has 2 aromatic rings. The van der Waals surface area contributed by atoms with Crippen molar-refractivity contribution in [2.45, 2.75) is 148 Å². The van der Waals surface area contributed by atoms with E-state index in [4.69, 9.17) is 23.7 Å². The number of fused-ring (bicyclic) bond motifs is 1. The fourth-order valence-corrected chi connectivity index (χ4v) is 15.7. The predicted molar refractivity (Wildman–Crippen MR) is 182 cm³/mol. The highest BCUT2D eigenvalue weighted by Crippen LogP contribution is 2.42. The molecule has 1 saturated heterocycles. The maximum Gasteiger partial charge on any atom is 0.311 e. The number of nitrogen functional groups attached to an aromatic ring is 1. The molecule has 0 bridgehead atoms. The third-order valence-electron chi connectivity index (χ3n) is 10.3. The van der Waals surface area contributed by atoms with Crippen LogP contribution in [0.5, 0.6) is 0 Å². The Hall–Kier alpha value is -0.939. The number of thiazole rings is 1. The minimum atomic E-state index is -2.15. The molecule has 2 aromatic heterocycles. The number of aryl methyl sites for hydroxylation is 1. The van der Waals surface area contributed by atoms with Crippen LogP contribution < -0.4 is 10.6 Å². The maximum absolute atomic E-state index is 13.7. The zero-order valence-corrected chi connectivity index (χ0v) is 31.6. The van der Waals surface area contributed by atoms with E-state index in [-0.39, 0.29) is 23.0 Å². The average molecular weight is 657 g/mol. The molecule has 0 aliphatic carbocycles. The lowest BCUT2D eigenvalue weighted by Gasteiger charge is -2.40. The first kappa shape index (κ1) is 35.5. The SMILES string of the molecule is CC[Si](CC)(CC)OC[C@H]1O[C@@H](n2c(=O)sc3c(C)nc(N)nc32)[C@@H](O[Si](CC)(CC)CC)[C@@H]1O[Si](CC)(CC)CC. The van der Waals surface area contributed by atoms with Crippen LogP contribution in [0.15, 0.2) is 4.79 Å². The Kier molecular flexibility index (Phi) is 12.6. The molecule has 0 unspecified atom stereocenters. The molecule has 13 heteroatoms. The number of aromatic nitrogens is 3. The topological polar surface area (TPSA) is 111 Å². The molecule has 2 N–H and O–H groups in total. The van der Waals surface area contributed by atoms with E-state index in [0.29, 0.717) is 17.9 Å². The van der Waals surface area contributed by atoms with Crippen LogP contribution in [-0.4, -0.2) is 64.4 Å². The summed E-state index contributed by atoms with van der Waals surface area (Å²) in [6.45, 7) is 22.5. The molecule has 1 aliphatic rings. The van der Waals surface area contributed by atoms with E-state index in [0.717, 1.165) is 70.4 Å². The third-order valence-corrected chi connectivity index (χ3v) is 25.3. The van der Waals surface area contributed by atoms with Crippen LogP contribution >= 0.6 is 11.3 Å². The molecule has 4 atom stereocenters. The molecule has 0 saturated carbocycles. The monoisotopic (exact) mass is 656 g/mol. The minimum absolute atomic E-state index is 0.145. The Bertz CT molecular complexity index is 1190. The molecule has 0 amide bonds. The number of ether oxygens (including phenoxy) is 1. The average Bonchev–Trinajstić information content (AvgIpc) is 3.51. The normalized spacial score (nSPS) is 22.0. The van der Waals surface area contributed by atoms with Crippen LogP contribution in [0, 0.1) is 6.92 Å². The fraction of sp³-hybridized carbons (Fsp3) is 0.828. The summed E-state index contributed by atoms with van der Waals surface area (Å²) >= 11 is 1.14. The van der Waals surface area contributed by atoms with Crippen molar-refractivity contribution in [1.29, 1.82) is 0 Å². The zero-order valence-electron chi connectivity index (χ0n) is 27.7. The maximum atomic E-state index is 13.7. The van der Waals surface area contributed by atoms with Gasteiger partial charge in [0.2, 0.25) is 5.95 Å². The van der Waals surface area contributed by atoms with Crippen molar-refractivity contribution in [3.63, 3.8) is 0 Å². The molecule has 1 fully saturated rings. The number of anilines is 1. The molecule has 1 aliphatic heterocycles. The van der Waals surface area contributed by atoms with Crippen molar-refractivity contribution in [2.75, 3.05) is 12.3 Å².